The Labute approximate surface area is 158 Å². The molecule has 0 saturated carbocycles. The molecular weight excluding hydrogens is 371 g/mol. The van der Waals surface area contributed by atoms with E-state index in [-0.39, 0.29) is 12.2 Å². The first-order chi connectivity index (χ1) is 12.9. The minimum atomic E-state index is -4.98. The van der Waals surface area contributed by atoms with Crippen molar-refractivity contribution in [3.8, 4) is 11.8 Å². The maximum Gasteiger partial charge on any atom is 0.471 e. The molecule has 0 aliphatic carbocycles. The fourth-order valence-electron chi connectivity index (χ4n) is 2.48. The topological polar surface area (TPSA) is 20.3 Å². The fraction of sp³-hybridized carbons (Fsp3) is 0.0952. The highest BCUT2D eigenvalue weighted by atomic mass is 32.1. The van der Waals surface area contributed by atoms with Crippen LogP contribution < -0.4 is 4.90 Å². The number of para-hydroxylation sites is 1. The van der Waals surface area contributed by atoms with Gasteiger partial charge in [-0.3, -0.25) is 9.69 Å². The molecule has 0 fully saturated rings. The third-order valence-electron chi connectivity index (χ3n) is 3.71. The number of hydrogen-bond donors (Lipinski definition) is 0. The number of alkyl halides is 3. The smallest absolute Gasteiger partial charge is 0.299 e. The summed E-state index contributed by atoms with van der Waals surface area (Å²) in [6, 6.07) is 18.6. The number of rotatable bonds is 3. The van der Waals surface area contributed by atoms with E-state index < -0.39 is 12.1 Å². The van der Waals surface area contributed by atoms with E-state index in [0.717, 1.165) is 9.78 Å². The summed E-state index contributed by atoms with van der Waals surface area (Å²) in [4.78, 5) is 13.6. The van der Waals surface area contributed by atoms with Gasteiger partial charge in [-0.05, 0) is 29.1 Å². The van der Waals surface area contributed by atoms with Gasteiger partial charge in [-0.25, -0.2) is 0 Å². The molecule has 1 aromatic heterocycles. The molecule has 1 heterocycles. The summed E-state index contributed by atoms with van der Waals surface area (Å²) in [5.41, 5.74) is 1.09. The van der Waals surface area contributed by atoms with Crippen molar-refractivity contribution in [3.05, 3.63) is 88.1 Å². The van der Waals surface area contributed by atoms with Gasteiger partial charge in [0.2, 0.25) is 0 Å². The zero-order valence-corrected chi connectivity index (χ0v) is 14.8. The lowest BCUT2D eigenvalue weighted by molar-refractivity contribution is -0.170. The maximum atomic E-state index is 13.2. The number of anilines is 1. The number of nitrogens with zero attached hydrogens (tertiary/aromatic N) is 1. The standard InChI is InChI=1S/C21H14F3NOS/c22-21(23,24)20(26)25(15-16-7-2-1-3-8-16)19-11-5-4-9-17(19)12-13-18-10-6-14-27-18/h1-11,14H,15H2. The highest BCUT2D eigenvalue weighted by Gasteiger charge is 2.43. The van der Waals surface area contributed by atoms with E-state index in [1.54, 1.807) is 48.5 Å². The zero-order valence-electron chi connectivity index (χ0n) is 14.0. The summed E-state index contributed by atoms with van der Waals surface area (Å²) in [7, 11) is 0. The molecule has 0 unspecified atom stereocenters. The number of benzene rings is 2. The monoisotopic (exact) mass is 385 g/mol. The fourth-order valence-corrected chi connectivity index (χ4v) is 3.05. The van der Waals surface area contributed by atoms with Crippen molar-refractivity contribution in [1.29, 1.82) is 0 Å². The Hall–Kier alpha value is -3.04. The third-order valence-corrected chi connectivity index (χ3v) is 4.49. The first-order valence-corrected chi connectivity index (χ1v) is 8.90. The quantitative estimate of drug-likeness (QED) is 0.565. The van der Waals surface area contributed by atoms with Gasteiger partial charge in [0.05, 0.1) is 17.1 Å². The number of halogens is 3. The first kappa shape index (κ1) is 18.7. The Morgan fingerprint density at radius 1 is 0.926 bits per heavy atom. The highest BCUT2D eigenvalue weighted by Crippen LogP contribution is 2.28. The second-order valence-electron chi connectivity index (χ2n) is 5.62. The van der Waals surface area contributed by atoms with Crippen LogP contribution in [-0.4, -0.2) is 12.1 Å². The lowest BCUT2D eigenvalue weighted by atomic mass is 10.1. The van der Waals surface area contributed by atoms with Crippen molar-refractivity contribution in [2.75, 3.05) is 4.90 Å². The van der Waals surface area contributed by atoms with E-state index >= 15 is 0 Å². The van der Waals surface area contributed by atoms with Crippen molar-refractivity contribution in [2.45, 2.75) is 12.7 Å². The molecule has 0 saturated heterocycles. The van der Waals surface area contributed by atoms with E-state index in [0.29, 0.717) is 11.1 Å². The number of carbonyl (C=O) groups excluding carboxylic acids is 1. The molecule has 0 atom stereocenters. The van der Waals surface area contributed by atoms with Gasteiger partial charge in [0.25, 0.3) is 0 Å². The van der Waals surface area contributed by atoms with Crippen LogP contribution in [0.2, 0.25) is 0 Å². The van der Waals surface area contributed by atoms with Gasteiger partial charge in [0.1, 0.15) is 0 Å². The van der Waals surface area contributed by atoms with Gasteiger partial charge in [-0.15, -0.1) is 11.3 Å². The normalized spacial score (nSPS) is 10.8. The van der Waals surface area contributed by atoms with Crippen LogP contribution in [0, 0.1) is 11.8 Å². The van der Waals surface area contributed by atoms with Crippen molar-refractivity contribution in [2.24, 2.45) is 0 Å². The van der Waals surface area contributed by atoms with Crippen LogP contribution in [0.15, 0.2) is 72.1 Å². The molecule has 0 bridgehead atoms. The van der Waals surface area contributed by atoms with E-state index in [4.69, 9.17) is 0 Å². The molecule has 27 heavy (non-hydrogen) atoms. The van der Waals surface area contributed by atoms with Crippen molar-refractivity contribution < 1.29 is 18.0 Å². The van der Waals surface area contributed by atoms with Gasteiger partial charge in [-0.2, -0.15) is 13.2 Å². The number of thiophene rings is 1. The summed E-state index contributed by atoms with van der Waals surface area (Å²) in [6.07, 6.45) is -4.98. The van der Waals surface area contributed by atoms with E-state index in [1.807, 2.05) is 17.5 Å². The average Bonchev–Trinajstić information content (AvgIpc) is 3.18. The Balaban J connectivity index is 2.03. The van der Waals surface area contributed by atoms with Gasteiger partial charge >= 0.3 is 12.1 Å². The van der Waals surface area contributed by atoms with Crippen LogP contribution in [0.4, 0.5) is 18.9 Å². The molecular formula is C21H14F3NOS. The summed E-state index contributed by atoms with van der Waals surface area (Å²) < 4.78 is 39.6. The number of hydrogen-bond acceptors (Lipinski definition) is 2. The van der Waals surface area contributed by atoms with Crippen molar-refractivity contribution >= 4 is 22.9 Å². The van der Waals surface area contributed by atoms with Crippen LogP contribution in [0.1, 0.15) is 16.0 Å². The lowest BCUT2D eigenvalue weighted by Crippen LogP contribution is -2.41. The molecule has 2 aromatic carbocycles. The van der Waals surface area contributed by atoms with Crippen molar-refractivity contribution in [3.63, 3.8) is 0 Å². The SMILES string of the molecule is O=C(N(Cc1ccccc1)c1ccccc1C#Cc1cccs1)C(F)(F)F. The predicted molar refractivity (Wildman–Crippen MR) is 100 cm³/mol. The minimum absolute atomic E-state index is 0.132. The summed E-state index contributed by atoms with van der Waals surface area (Å²) in [6.45, 7) is -0.198. The van der Waals surface area contributed by atoms with E-state index in [2.05, 4.69) is 11.8 Å². The van der Waals surface area contributed by atoms with Crippen LogP contribution in [0.25, 0.3) is 0 Å². The van der Waals surface area contributed by atoms with Crippen LogP contribution in [-0.2, 0) is 11.3 Å². The van der Waals surface area contributed by atoms with Crippen LogP contribution >= 0.6 is 11.3 Å². The molecule has 3 rings (SSSR count). The molecule has 0 radical (unpaired) electrons. The first-order valence-electron chi connectivity index (χ1n) is 8.02. The summed E-state index contributed by atoms with van der Waals surface area (Å²) in [5.74, 6) is 3.89. The summed E-state index contributed by atoms with van der Waals surface area (Å²) in [5, 5.41) is 1.87. The highest BCUT2D eigenvalue weighted by molar-refractivity contribution is 7.10. The Morgan fingerprint density at radius 2 is 1.63 bits per heavy atom. The third kappa shape index (κ3) is 4.78. The van der Waals surface area contributed by atoms with Crippen LogP contribution in [0.5, 0.6) is 0 Å². The average molecular weight is 385 g/mol. The van der Waals surface area contributed by atoms with Gasteiger partial charge < -0.3 is 0 Å². The van der Waals surface area contributed by atoms with Gasteiger partial charge in [0.15, 0.2) is 0 Å². The van der Waals surface area contributed by atoms with E-state index in [1.165, 1.54) is 17.4 Å². The van der Waals surface area contributed by atoms with Gasteiger partial charge in [0, 0.05) is 5.56 Å². The molecule has 0 aliphatic rings. The minimum Gasteiger partial charge on any atom is -0.299 e. The zero-order chi connectivity index (χ0) is 19.3. The molecule has 1 amide bonds. The largest absolute Gasteiger partial charge is 0.471 e. The molecule has 3 aromatic rings. The molecule has 136 valence electrons. The van der Waals surface area contributed by atoms with Crippen molar-refractivity contribution in [1.82, 2.24) is 0 Å². The molecule has 0 aliphatic heterocycles. The predicted octanol–water partition coefficient (Wildman–Crippen LogP) is 5.24. The second kappa shape index (κ2) is 8.11. The second-order valence-corrected chi connectivity index (χ2v) is 6.57. The molecule has 0 N–H and O–H groups in total. The lowest BCUT2D eigenvalue weighted by Gasteiger charge is -2.25. The Kier molecular flexibility index (Phi) is 5.63. The van der Waals surface area contributed by atoms with Gasteiger partial charge in [-0.1, -0.05) is 60.4 Å². The maximum absolute atomic E-state index is 13.2. The molecule has 6 heteroatoms. The number of amides is 1. The molecule has 0 spiro atoms. The molecule has 2 nitrogen and oxygen atoms in total. The van der Waals surface area contributed by atoms with E-state index in [9.17, 15) is 18.0 Å². The summed E-state index contributed by atoms with van der Waals surface area (Å²) >= 11 is 1.44. The van der Waals surface area contributed by atoms with Crippen LogP contribution in [0.3, 0.4) is 0 Å². The number of carbonyl (C=O) groups is 1. The Morgan fingerprint density at radius 3 is 2.30 bits per heavy atom. The Bertz CT molecular complexity index is 970.